The van der Waals surface area contributed by atoms with Crippen LogP contribution in [0.4, 0.5) is 5.69 Å². The Morgan fingerprint density at radius 1 is 1.08 bits per heavy atom. The van der Waals surface area contributed by atoms with Gasteiger partial charge in [-0.3, -0.25) is 10.1 Å². The van der Waals surface area contributed by atoms with Crippen LogP contribution in [-0.4, -0.2) is 35.3 Å². The molecule has 132 valence electrons. The van der Waals surface area contributed by atoms with Crippen molar-refractivity contribution in [2.24, 2.45) is 0 Å². The maximum Gasteiger partial charge on any atom is 0.338 e. The van der Waals surface area contributed by atoms with E-state index >= 15 is 0 Å². The Morgan fingerprint density at radius 3 is 2.28 bits per heavy atom. The van der Waals surface area contributed by atoms with Crippen molar-refractivity contribution in [1.82, 2.24) is 0 Å². The van der Waals surface area contributed by atoms with E-state index in [2.05, 4.69) is 0 Å². The number of methoxy groups -OCH3 is 2. The first kappa shape index (κ1) is 17.9. The number of benzene rings is 2. The van der Waals surface area contributed by atoms with Gasteiger partial charge in [-0.15, -0.1) is 0 Å². The number of ether oxygens (including phenoxy) is 3. The molecule has 0 saturated carbocycles. The highest BCUT2D eigenvalue weighted by Gasteiger charge is 2.21. The average molecular weight is 349 g/mol. The summed E-state index contributed by atoms with van der Waals surface area (Å²) in [6, 6.07) is 5.93. The molecule has 25 heavy (non-hydrogen) atoms. The fourth-order valence-electron chi connectivity index (χ4n) is 2.07. The highest BCUT2D eigenvalue weighted by atomic mass is 16.6. The van der Waals surface area contributed by atoms with Crippen LogP contribution in [0.15, 0.2) is 30.3 Å². The number of nitro benzene ring substituents is 1. The number of carbonyl (C=O) groups excluding carboxylic acids is 1. The summed E-state index contributed by atoms with van der Waals surface area (Å²) in [6.07, 6.45) is 0. The minimum atomic E-state index is -0.820. The first-order valence-corrected chi connectivity index (χ1v) is 6.95. The predicted molar refractivity (Wildman–Crippen MR) is 85.1 cm³/mol. The summed E-state index contributed by atoms with van der Waals surface area (Å²) in [5, 5.41) is 29.8. The molecule has 0 bridgehead atoms. The average Bonchev–Trinajstić information content (AvgIpc) is 2.60. The second-order valence-electron chi connectivity index (χ2n) is 4.87. The lowest BCUT2D eigenvalue weighted by molar-refractivity contribution is -0.385. The molecule has 2 rings (SSSR count). The Bertz CT molecular complexity index is 818. The molecule has 0 aliphatic heterocycles. The van der Waals surface area contributed by atoms with Crippen molar-refractivity contribution < 1.29 is 34.1 Å². The highest BCUT2D eigenvalue weighted by molar-refractivity contribution is 5.90. The third-order valence-electron chi connectivity index (χ3n) is 3.35. The third kappa shape index (κ3) is 3.89. The van der Waals surface area contributed by atoms with Crippen LogP contribution in [-0.2, 0) is 11.3 Å². The fourth-order valence-corrected chi connectivity index (χ4v) is 2.07. The van der Waals surface area contributed by atoms with Gasteiger partial charge in [0, 0.05) is 0 Å². The van der Waals surface area contributed by atoms with Crippen LogP contribution in [0, 0.1) is 10.1 Å². The van der Waals surface area contributed by atoms with E-state index in [-0.39, 0.29) is 34.1 Å². The lowest BCUT2D eigenvalue weighted by Crippen LogP contribution is -2.07. The van der Waals surface area contributed by atoms with Crippen LogP contribution in [0.5, 0.6) is 23.0 Å². The molecule has 0 fully saturated rings. The van der Waals surface area contributed by atoms with Crippen LogP contribution in [0.1, 0.15) is 15.9 Å². The Balaban J connectivity index is 2.25. The molecule has 0 saturated heterocycles. The maximum atomic E-state index is 12.0. The SMILES string of the molecule is COc1cc(COC(=O)c2ccc(O)c(O)c2)c([N+](=O)[O-])cc1OC. The van der Waals surface area contributed by atoms with Crippen molar-refractivity contribution in [2.45, 2.75) is 6.61 Å². The lowest BCUT2D eigenvalue weighted by atomic mass is 10.1. The van der Waals surface area contributed by atoms with Crippen LogP contribution in [0.25, 0.3) is 0 Å². The summed E-state index contributed by atoms with van der Waals surface area (Å²) in [6.45, 7) is -0.392. The topological polar surface area (TPSA) is 128 Å². The minimum absolute atomic E-state index is 0.0153. The number of carbonyl (C=O) groups is 1. The molecule has 2 aromatic rings. The standard InChI is InChI=1S/C16H15NO8/c1-23-14-6-10(11(17(21)22)7-15(14)24-2)8-25-16(20)9-3-4-12(18)13(19)5-9/h3-7,18-19H,8H2,1-2H3. The van der Waals surface area contributed by atoms with Crippen LogP contribution >= 0.6 is 0 Å². The molecule has 0 amide bonds. The molecule has 2 N–H and O–H groups in total. The van der Waals surface area contributed by atoms with E-state index in [0.29, 0.717) is 0 Å². The molecule has 0 aliphatic carbocycles. The Morgan fingerprint density at radius 2 is 1.72 bits per heavy atom. The van der Waals surface area contributed by atoms with E-state index in [1.54, 1.807) is 0 Å². The molecule has 0 aromatic heterocycles. The van der Waals surface area contributed by atoms with Gasteiger partial charge >= 0.3 is 5.97 Å². The van der Waals surface area contributed by atoms with Gasteiger partial charge in [-0.2, -0.15) is 0 Å². The normalized spacial score (nSPS) is 10.2. The number of esters is 1. The van der Waals surface area contributed by atoms with Crippen molar-refractivity contribution in [3.8, 4) is 23.0 Å². The van der Waals surface area contributed by atoms with Gasteiger partial charge in [-0.1, -0.05) is 0 Å². The maximum absolute atomic E-state index is 12.0. The zero-order chi connectivity index (χ0) is 18.6. The Hall–Kier alpha value is -3.49. The molecule has 0 atom stereocenters. The number of nitro groups is 1. The summed E-state index contributed by atoms with van der Waals surface area (Å²) in [5.74, 6) is -1.26. The largest absolute Gasteiger partial charge is 0.504 e. The van der Waals surface area contributed by atoms with Gasteiger partial charge in [-0.25, -0.2) is 4.79 Å². The number of hydrogen-bond acceptors (Lipinski definition) is 8. The summed E-state index contributed by atoms with van der Waals surface area (Å²) in [7, 11) is 2.72. The summed E-state index contributed by atoms with van der Waals surface area (Å²) < 4.78 is 15.1. The van der Waals surface area contributed by atoms with E-state index in [0.717, 1.165) is 12.1 Å². The molecule has 9 heteroatoms. The van der Waals surface area contributed by atoms with Crippen molar-refractivity contribution >= 4 is 11.7 Å². The van der Waals surface area contributed by atoms with Crippen molar-refractivity contribution in [3.05, 3.63) is 51.6 Å². The minimum Gasteiger partial charge on any atom is -0.504 e. The van der Waals surface area contributed by atoms with Crippen molar-refractivity contribution in [2.75, 3.05) is 14.2 Å². The monoisotopic (exact) mass is 349 g/mol. The molecule has 2 aromatic carbocycles. The molecule has 9 nitrogen and oxygen atoms in total. The van der Waals surface area contributed by atoms with E-state index < -0.39 is 23.2 Å². The quantitative estimate of drug-likeness (QED) is 0.352. The lowest BCUT2D eigenvalue weighted by Gasteiger charge is -2.11. The number of nitrogens with zero attached hydrogens (tertiary/aromatic N) is 1. The molecule has 0 spiro atoms. The van der Waals surface area contributed by atoms with Gasteiger partial charge < -0.3 is 24.4 Å². The van der Waals surface area contributed by atoms with Crippen molar-refractivity contribution in [1.29, 1.82) is 0 Å². The zero-order valence-corrected chi connectivity index (χ0v) is 13.4. The number of rotatable bonds is 6. The third-order valence-corrected chi connectivity index (χ3v) is 3.35. The van der Waals surface area contributed by atoms with Gasteiger partial charge in [0.15, 0.2) is 23.0 Å². The molecule has 0 unspecified atom stereocenters. The molecular formula is C16H15NO8. The van der Waals surface area contributed by atoms with Gasteiger partial charge in [0.25, 0.3) is 5.69 Å². The molecule has 0 aliphatic rings. The van der Waals surface area contributed by atoms with E-state index in [1.165, 1.54) is 32.4 Å². The van der Waals surface area contributed by atoms with E-state index in [1.807, 2.05) is 0 Å². The van der Waals surface area contributed by atoms with E-state index in [9.17, 15) is 25.1 Å². The number of phenolic OH excluding ortho intramolecular Hbond substituents is 2. The first-order valence-electron chi connectivity index (χ1n) is 6.95. The van der Waals surface area contributed by atoms with Gasteiger partial charge in [-0.05, 0) is 24.3 Å². The highest BCUT2D eigenvalue weighted by Crippen LogP contribution is 2.35. The van der Waals surface area contributed by atoms with Gasteiger partial charge in [0.05, 0.1) is 36.3 Å². The van der Waals surface area contributed by atoms with Crippen LogP contribution in [0.3, 0.4) is 0 Å². The smallest absolute Gasteiger partial charge is 0.338 e. The second-order valence-corrected chi connectivity index (χ2v) is 4.87. The van der Waals surface area contributed by atoms with Crippen LogP contribution < -0.4 is 9.47 Å². The number of aromatic hydroxyl groups is 2. The number of phenols is 2. The Kier molecular flexibility index (Phi) is 5.28. The summed E-state index contributed by atoms with van der Waals surface area (Å²) in [4.78, 5) is 22.6. The summed E-state index contributed by atoms with van der Waals surface area (Å²) >= 11 is 0. The zero-order valence-electron chi connectivity index (χ0n) is 13.4. The molecule has 0 radical (unpaired) electrons. The summed E-state index contributed by atoms with van der Waals surface area (Å²) in [5.41, 5.74) is -0.198. The molecule has 0 heterocycles. The van der Waals surface area contributed by atoms with Crippen LogP contribution in [0.2, 0.25) is 0 Å². The predicted octanol–water partition coefficient (Wildman–Crippen LogP) is 2.38. The Labute approximate surface area is 142 Å². The molecular weight excluding hydrogens is 334 g/mol. The van der Waals surface area contributed by atoms with Crippen molar-refractivity contribution in [3.63, 3.8) is 0 Å². The first-order chi connectivity index (χ1) is 11.9. The van der Waals surface area contributed by atoms with Gasteiger partial charge in [0.1, 0.15) is 6.61 Å². The van der Waals surface area contributed by atoms with E-state index in [4.69, 9.17) is 14.2 Å². The number of hydrogen-bond donors (Lipinski definition) is 2. The fraction of sp³-hybridized carbons (Fsp3) is 0.188. The second kappa shape index (κ2) is 7.39. The van der Waals surface area contributed by atoms with Gasteiger partial charge in [0.2, 0.25) is 0 Å².